The Labute approximate surface area is 146 Å². The number of halogens is 1. The highest BCUT2D eigenvalue weighted by Gasteiger charge is 2.26. The van der Waals surface area contributed by atoms with Crippen molar-refractivity contribution < 1.29 is 9.59 Å². The number of benzene rings is 1. The van der Waals surface area contributed by atoms with Crippen LogP contribution in [0.3, 0.4) is 0 Å². The number of anilines is 1. The summed E-state index contributed by atoms with van der Waals surface area (Å²) in [4.78, 5) is 30.0. The monoisotopic (exact) mass is 391 g/mol. The molecule has 0 spiro atoms. The second-order valence-electron chi connectivity index (χ2n) is 5.00. The van der Waals surface area contributed by atoms with Crippen LogP contribution >= 0.6 is 27.7 Å². The van der Waals surface area contributed by atoms with Gasteiger partial charge in [0.05, 0.1) is 11.4 Å². The number of amides is 2. The molecular weight excluding hydrogens is 378 g/mol. The van der Waals surface area contributed by atoms with E-state index in [2.05, 4.69) is 26.2 Å². The second-order valence-corrected chi connectivity index (χ2v) is 6.88. The largest absolute Gasteiger partial charge is 0.350 e. The van der Waals surface area contributed by atoms with E-state index >= 15 is 0 Å². The Hall–Kier alpha value is -1.86. The summed E-state index contributed by atoms with van der Waals surface area (Å²) in [5, 5.41) is 3.63. The molecule has 3 rings (SSSR count). The number of carbonyl (C=O) groups excluding carboxylic acids is 2. The van der Waals surface area contributed by atoms with E-state index in [1.165, 1.54) is 16.7 Å². The standard InChI is InChI=1S/C16H14BrN3O2S/c17-12-4-1-3-11(7-12)8-19-14(21)9-20-13-5-2-6-18-16(13)23-10-15(20)22/h1-7H,8-10H2,(H,19,21). The van der Waals surface area contributed by atoms with Gasteiger partial charge in [-0.3, -0.25) is 14.5 Å². The first-order valence-corrected chi connectivity index (χ1v) is 8.80. The molecule has 0 atom stereocenters. The molecule has 1 aromatic heterocycles. The molecule has 0 bridgehead atoms. The van der Waals surface area contributed by atoms with Crippen LogP contribution < -0.4 is 10.2 Å². The van der Waals surface area contributed by atoms with Gasteiger partial charge in [0.15, 0.2) is 0 Å². The van der Waals surface area contributed by atoms with Crippen LogP contribution in [0.1, 0.15) is 5.56 Å². The summed E-state index contributed by atoms with van der Waals surface area (Å²) >= 11 is 4.80. The molecule has 1 aromatic carbocycles. The highest BCUT2D eigenvalue weighted by Crippen LogP contribution is 2.32. The summed E-state index contributed by atoms with van der Waals surface area (Å²) in [6, 6.07) is 11.3. The Morgan fingerprint density at radius 1 is 1.35 bits per heavy atom. The van der Waals surface area contributed by atoms with Crippen molar-refractivity contribution in [2.24, 2.45) is 0 Å². The minimum absolute atomic E-state index is 0.00604. The normalized spacial score (nSPS) is 13.6. The predicted molar refractivity (Wildman–Crippen MR) is 93.3 cm³/mol. The molecule has 118 valence electrons. The Balaban J connectivity index is 1.65. The summed E-state index contributed by atoms with van der Waals surface area (Å²) in [7, 11) is 0. The van der Waals surface area contributed by atoms with Crippen LogP contribution in [0, 0.1) is 0 Å². The van der Waals surface area contributed by atoms with Gasteiger partial charge in [0.25, 0.3) is 0 Å². The highest BCUT2D eigenvalue weighted by atomic mass is 79.9. The second kappa shape index (κ2) is 7.14. The number of nitrogens with one attached hydrogen (secondary N) is 1. The van der Waals surface area contributed by atoms with Gasteiger partial charge in [-0.05, 0) is 29.8 Å². The Morgan fingerprint density at radius 2 is 2.22 bits per heavy atom. The van der Waals surface area contributed by atoms with E-state index in [0.717, 1.165) is 15.1 Å². The maximum atomic E-state index is 12.2. The van der Waals surface area contributed by atoms with Crippen LogP contribution in [-0.2, 0) is 16.1 Å². The molecule has 23 heavy (non-hydrogen) atoms. The molecule has 0 saturated carbocycles. The molecule has 0 fully saturated rings. The van der Waals surface area contributed by atoms with Crippen LogP contribution in [0.4, 0.5) is 5.69 Å². The number of rotatable bonds is 4. The lowest BCUT2D eigenvalue weighted by Gasteiger charge is -2.27. The Kier molecular flexibility index (Phi) is 4.97. The minimum atomic E-state index is -0.194. The number of thioether (sulfide) groups is 1. The smallest absolute Gasteiger partial charge is 0.240 e. The van der Waals surface area contributed by atoms with Crippen molar-refractivity contribution in [1.82, 2.24) is 10.3 Å². The summed E-state index contributed by atoms with van der Waals surface area (Å²) in [6.07, 6.45) is 1.69. The van der Waals surface area contributed by atoms with E-state index < -0.39 is 0 Å². The van der Waals surface area contributed by atoms with E-state index in [1.54, 1.807) is 12.3 Å². The quantitative estimate of drug-likeness (QED) is 0.869. The van der Waals surface area contributed by atoms with Crippen molar-refractivity contribution >= 4 is 45.2 Å². The lowest BCUT2D eigenvalue weighted by Crippen LogP contribution is -2.43. The minimum Gasteiger partial charge on any atom is -0.350 e. The molecule has 1 N–H and O–H groups in total. The maximum Gasteiger partial charge on any atom is 0.240 e. The van der Waals surface area contributed by atoms with Crippen LogP contribution in [0.2, 0.25) is 0 Å². The first-order valence-electron chi connectivity index (χ1n) is 7.03. The molecule has 7 heteroatoms. The van der Waals surface area contributed by atoms with Gasteiger partial charge in [0, 0.05) is 17.2 Å². The summed E-state index contributed by atoms with van der Waals surface area (Å²) in [5.74, 6) is 0.0382. The molecule has 2 amide bonds. The zero-order valence-corrected chi connectivity index (χ0v) is 14.6. The molecule has 0 aliphatic carbocycles. The highest BCUT2D eigenvalue weighted by molar-refractivity contribution is 9.10. The molecule has 0 unspecified atom stereocenters. The number of carbonyl (C=O) groups is 2. The number of fused-ring (bicyclic) bond motifs is 1. The van der Waals surface area contributed by atoms with Crippen molar-refractivity contribution in [1.29, 1.82) is 0 Å². The van der Waals surface area contributed by atoms with Crippen molar-refractivity contribution in [3.63, 3.8) is 0 Å². The van der Waals surface area contributed by atoms with E-state index in [1.807, 2.05) is 30.3 Å². The lowest BCUT2D eigenvalue weighted by atomic mass is 10.2. The Morgan fingerprint density at radius 3 is 3.04 bits per heavy atom. The number of pyridine rings is 1. The average molecular weight is 392 g/mol. The van der Waals surface area contributed by atoms with Crippen molar-refractivity contribution in [2.75, 3.05) is 17.2 Å². The average Bonchev–Trinajstić information content (AvgIpc) is 2.56. The van der Waals surface area contributed by atoms with Gasteiger partial charge < -0.3 is 5.32 Å². The molecule has 1 aliphatic rings. The fourth-order valence-corrected chi connectivity index (χ4v) is 3.59. The third-order valence-electron chi connectivity index (χ3n) is 3.36. The van der Waals surface area contributed by atoms with Gasteiger partial charge in [0.1, 0.15) is 11.6 Å². The molecule has 0 radical (unpaired) electrons. The third kappa shape index (κ3) is 3.92. The summed E-state index contributed by atoms with van der Waals surface area (Å²) in [5.41, 5.74) is 1.70. The van der Waals surface area contributed by atoms with Crippen LogP contribution in [0.15, 0.2) is 52.1 Å². The molecule has 1 aliphatic heterocycles. The molecule has 5 nitrogen and oxygen atoms in total. The summed E-state index contributed by atoms with van der Waals surface area (Å²) in [6.45, 7) is 0.432. The first-order chi connectivity index (χ1) is 11.1. The number of hydrogen-bond acceptors (Lipinski definition) is 4. The van der Waals surface area contributed by atoms with Crippen molar-refractivity contribution in [3.8, 4) is 0 Å². The zero-order chi connectivity index (χ0) is 16.2. The van der Waals surface area contributed by atoms with Gasteiger partial charge in [-0.2, -0.15) is 0 Å². The van der Waals surface area contributed by atoms with Gasteiger partial charge in [-0.1, -0.05) is 39.8 Å². The van der Waals surface area contributed by atoms with E-state index in [9.17, 15) is 9.59 Å². The van der Waals surface area contributed by atoms with Gasteiger partial charge in [-0.15, -0.1) is 0 Å². The molecular formula is C16H14BrN3O2S. The van der Waals surface area contributed by atoms with Crippen LogP contribution in [-0.4, -0.2) is 29.1 Å². The molecule has 0 saturated heterocycles. The zero-order valence-electron chi connectivity index (χ0n) is 12.2. The Bertz CT molecular complexity index is 754. The van der Waals surface area contributed by atoms with Crippen molar-refractivity contribution in [3.05, 3.63) is 52.6 Å². The lowest BCUT2D eigenvalue weighted by molar-refractivity contribution is -0.123. The van der Waals surface area contributed by atoms with Gasteiger partial charge >= 0.3 is 0 Å². The maximum absolute atomic E-state index is 12.2. The third-order valence-corrected chi connectivity index (χ3v) is 4.83. The van der Waals surface area contributed by atoms with E-state index in [4.69, 9.17) is 0 Å². The molecule has 2 aromatic rings. The summed E-state index contributed by atoms with van der Waals surface area (Å²) < 4.78 is 0.965. The van der Waals surface area contributed by atoms with Gasteiger partial charge in [-0.25, -0.2) is 4.98 Å². The molecule has 2 heterocycles. The predicted octanol–water partition coefficient (Wildman–Crippen LogP) is 2.60. The number of nitrogens with zero attached hydrogens (tertiary/aromatic N) is 2. The van der Waals surface area contributed by atoms with Crippen LogP contribution in [0.25, 0.3) is 0 Å². The number of hydrogen-bond donors (Lipinski definition) is 1. The van der Waals surface area contributed by atoms with Gasteiger partial charge in [0.2, 0.25) is 11.8 Å². The van der Waals surface area contributed by atoms with Crippen LogP contribution in [0.5, 0.6) is 0 Å². The van der Waals surface area contributed by atoms with Crippen molar-refractivity contribution in [2.45, 2.75) is 11.6 Å². The van der Waals surface area contributed by atoms with E-state index in [-0.39, 0.29) is 18.4 Å². The SMILES string of the molecule is O=C(CN1C(=O)CSc2ncccc21)NCc1cccc(Br)c1. The van der Waals surface area contributed by atoms with E-state index in [0.29, 0.717) is 18.0 Å². The first kappa shape index (κ1) is 16.0. The number of aromatic nitrogens is 1. The fraction of sp³-hybridized carbons (Fsp3) is 0.188. The topological polar surface area (TPSA) is 62.3 Å². The fourth-order valence-electron chi connectivity index (χ4n) is 2.26.